The number of carbonyl (C=O) groups excluding carboxylic acids is 1. The molecule has 0 bridgehead atoms. The maximum atomic E-state index is 13.0. The summed E-state index contributed by atoms with van der Waals surface area (Å²) < 4.78 is 5.88. The van der Waals surface area contributed by atoms with Crippen LogP contribution in [0.15, 0.2) is 0 Å². The highest BCUT2D eigenvalue weighted by molar-refractivity contribution is 5.74. The molecular formula is C29H50O6. The van der Waals surface area contributed by atoms with E-state index >= 15 is 0 Å². The van der Waals surface area contributed by atoms with E-state index in [9.17, 15) is 25.2 Å². The third kappa shape index (κ3) is 4.38. The molecule has 3 aliphatic carbocycles. The van der Waals surface area contributed by atoms with Crippen LogP contribution in [0.25, 0.3) is 0 Å². The molecule has 4 aliphatic rings. The maximum absolute atomic E-state index is 13.0. The highest BCUT2D eigenvalue weighted by Crippen LogP contribution is 2.66. The van der Waals surface area contributed by atoms with Crippen LogP contribution in [0.3, 0.4) is 0 Å². The monoisotopic (exact) mass is 494 g/mol. The topological polar surface area (TPSA) is 107 Å². The van der Waals surface area contributed by atoms with Crippen molar-refractivity contribution in [1.82, 2.24) is 0 Å². The molecule has 1 aliphatic heterocycles. The fraction of sp³-hybridized carbons (Fsp3) is 0.966. The largest absolute Gasteiger partial charge is 0.465 e. The molecule has 0 aromatic heterocycles. The molecule has 35 heavy (non-hydrogen) atoms. The molecule has 3 saturated carbocycles. The Hall–Kier alpha value is -0.690. The summed E-state index contributed by atoms with van der Waals surface area (Å²) in [7, 11) is 0. The summed E-state index contributed by atoms with van der Waals surface area (Å²) >= 11 is 0. The Labute approximate surface area is 211 Å². The molecular weight excluding hydrogens is 444 g/mol. The number of aliphatic hydroxyl groups excluding tert-OH is 4. The van der Waals surface area contributed by atoms with E-state index in [0.29, 0.717) is 30.8 Å². The number of cyclic esters (lactones) is 1. The summed E-state index contributed by atoms with van der Waals surface area (Å²) in [6.07, 6.45) is 2.49. The lowest BCUT2D eigenvalue weighted by atomic mass is 9.48. The zero-order valence-corrected chi connectivity index (χ0v) is 22.7. The van der Waals surface area contributed by atoms with Crippen LogP contribution in [-0.4, -0.2) is 57.4 Å². The predicted octanol–water partition coefficient (Wildman–Crippen LogP) is 3.78. The molecule has 4 N–H and O–H groups in total. The van der Waals surface area contributed by atoms with Gasteiger partial charge in [0.05, 0.1) is 36.9 Å². The van der Waals surface area contributed by atoms with E-state index in [-0.39, 0.29) is 52.8 Å². The van der Waals surface area contributed by atoms with Gasteiger partial charge in [-0.05, 0) is 90.8 Å². The highest BCUT2D eigenvalue weighted by Gasteiger charge is 2.63. The van der Waals surface area contributed by atoms with Gasteiger partial charge in [-0.2, -0.15) is 0 Å². The predicted molar refractivity (Wildman–Crippen MR) is 134 cm³/mol. The lowest BCUT2D eigenvalue weighted by Gasteiger charge is -2.56. The van der Waals surface area contributed by atoms with Gasteiger partial charge < -0.3 is 25.2 Å². The first-order valence-electron chi connectivity index (χ1n) is 14.3. The van der Waals surface area contributed by atoms with Gasteiger partial charge >= 0.3 is 5.97 Å². The summed E-state index contributed by atoms with van der Waals surface area (Å²) in [6, 6.07) is 0. The van der Waals surface area contributed by atoms with Crippen molar-refractivity contribution in [2.75, 3.05) is 6.61 Å². The van der Waals surface area contributed by atoms with E-state index in [1.807, 2.05) is 0 Å². The standard InChI is InChI=1S/C29H50O6/c1-7-17(15(2)3)26(33)25(32)16(4)19-8-9-20-18-14-35-27(34)22-12-23(30)24(31)13-29(22,6)21(18)10-11-28(19,20)5/h15-26,30-33H,7-14H2,1-6H3/t16-,17-,18-,19+,20-,21-,22+,23-,24+,25+,26-,28+,29+/m0/s1. The van der Waals surface area contributed by atoms with Crippen molar-refractivity contribution >= 4 is 5.97 Å². The van der Waals surface area contributed by atoms with Gasteiger partial charge in [0.2, 0.25) is 0 Å². The molecule has 0 unspecified atom stereocenters. The van der Waals surface area contributed by atoms with E-state index < -0.39 is 24.4 Å². The number of hydrogen-bond acceptors (Lipinski definition) is 6. The van der Waals surface area contributed by atoms with Crippen molar-refractivity contribution < 1.29 is 30.0 Å². The first kappa shape index (κ1) is 27.3. The van der Waals surface area contributed by atoms with Gasteiger partial charge in [0.25, 0.3) is 0 Å². The quantitative estimate of drug-likeness (QED) is 0.419. The van der Waals surface area contributed by atoms with Crippen molar-refractivity contribution in [2.45, 2.75) is 111 Å². The van der Waals surface area contributed by atoms with Crippen molar-refractivity contribution in [3.05, 3.63) is 0 Å². The molecule has 1 heterocycles. The zero-order valence-electron chi connectivity index (χ0n) is 22.7. The summed E-state index contributed by atoms with van der Waals surface area (Å²) in [4.78, 5) is 13.0. The Bertz CT molecular complexity index is 770. The van der Waals surface area contributed by atoms with E-state index in [1.54, 1.807) is 0 Å². The maximum Gasteiger partial charge on any atom is 0.309 e. The van der Waals surface area contributed by atoms with E-state index in [2.05, 4.69) is 41.5 Å². The smallest absolute Gasteiger partial charge is 0.309 e. The molecule has 0 amide bonds. The number of carbonyl (C=O) groups is 1. The normalized spacial score (nSPS) is 47.1. The number of fused-ring (bicyclic) bond motifs is 5. The molecule has 6 heteroatoms. The second kappa shape index (κ2) is 9.89. The molecule has 13 atom stereocenters. The van der Waals surface area contributed by atoms with Crippen LogP contribution in [0.5, 0.6) is 0 Å². The van der Waals surface area contributed by atoms with E-state index in [0.717, 1.165) is 32.1 Å². The number of esters is 1. The summed E-state index contributed by atoms with van der Waals surface area (Å²) in [6.45, 7) is 13.4. The highest BCUT2D eigenvalue weighted by atomic mass is 16.5. The van der Waals surface area contributed by atoms with Crippen LogP contribution in [0.1, 0.15) is 86.5 Å². The Morgan fingerprint density at radius 1 is 0.971 bits per heavy atom. The van der Waals surface area contributed by atoms with Gasteiger partial charge in [0.15, 0.2) is 0 Å². The van der Waals surface area contributed by atoms with Gasteiger partial charge in [-0.3, -0.25) is 4.79 Å². The molecule has 202 valence electrons. The first-order valence-corrected chi connectivity index (χ1v) is 14.3. The third-order valence-corrected chi connectivity index (χ3v) is 11.7. The average Bonchev–Trinajstić information content (AvgIpc) is 3.11. The van der Waals surface area contributed by atoms with Crippen molar-refractivity contribution in [3.8, 4) is 0 Å². The van der Waals surface area contributed by atoms with Gasteiger partial charge in [0, 0.05) is 0 Å². The number of hydrogen-bond donors (Lipinski definition) is 4. The minimum atomic E-state index is -0.867. The minimum Gasteiger partial charge on any atom is -0.465 e. The fourth-order valence-electron chi connectivity index (χ4n) is 9.60. The molecule has 0 radical (unpaired) electrons. The Kier molecular flexibility index (Phi) is 7.72. The zero-order chi connectivity index (χ0) is 25.9. The van der Waals surface area contributed by atoms with Gasteiger partial charge in [-0.25, -0.2) is 0 Å². The SMILES string of the molecule is CC[C@@H](C(C)C)[C@H](O)[C@H](O)[C@@H](C)[C@H]1CC[C@H]2[C@@H]3COC(=O)[C@H]4C[C@H](O)[C@H](O)C[C@]4(C)[C@H]3CC[C@]12C. The summed E-state index contributed by atoms with van der Waals surface area (Å²) in [5.74, 6) is 1.01. The van der Waals surface area contributed by atoms with Crippen LogP contribution in [0.2, 0.25) is 0 Å². The number of rotatable bonds is 6. The lowest BCUT2D eigenvalue weighted by Crippen LogP contribution is -2.55. The van der Waals surface area contributed by atoms with Crippen LogP contribution >= 0.6 is 0 Å². The Balaban J connectivity index is 1.57. The molecule has 0 aromatic carbocycles. The average molecular weight is 495 g/mol. The van der Waals surface area contributed by atoms with Crippen LogP contribution < -0.4 is 0 Å². The molecule has 6 nitrogen and oxygen atoms in total. The molecule has 0 aromatic rings. The van der Waals surface area contributed by atoms with Crippen molar-refractivity contribution in [1.29, 1.82) is 0 Å². The lowest BCUT2D eigenvalue weighted by molar-refractivity contribution is -0.162. The second-order valence-electron chi connectivity index (χ2n) is 13.5. The summed E-state index contributed by atoms with van der Waals surface area (Å²) in [5, 5.41) is 43.2. The van der Waals surface area contributed by atoms with Crippen LogP contribution in [0.4, 0.5) is 0 Å². The van der Waals surface area contributed by atoms with E-state index in [4.69, 9.17) is 4.74 Å². The minimum absolute atomic E-state index is 0.00679. The molecule has 4 rings (SSSR count). The second-order valence-corrected chi connectivity index (χ2v) is 13.5. The Morgan fingerprint density at radius 3 is 2.26 bits per heavy atom. The van der Waals surface area contributed by atoms with Crippen molar-refractivity contribution in [2.24, 2.45) is 58.2 Å². The van der Waals surface area contributed by atoms with Gasteiger partial charge in [-0.1, -0.05) is 48.0 Å². The van der Waals surface area contributed by atoms with Crippen LogP contribution in [-0.2, 0) is 9.53 Å². The third-order valence-electron chi connectivity index (χ3n) is 11.7. The van der Waals surface area contributed by atoms with Crippen molar-refractivity contribution in [3.63, 3.8) is 0 Å². The first-order chi connectivity index (χ1) is 16.4. The molecule has 0 spiro atoms. The molecule has 1 saturated heterocycles. The molecule has 4 fully saturated rings. The summed E-state index contributed by atoms with van der Waals surface area (Å²) in [5.41, 5.74) is -0.348. The number of ether oxygens (including phenoxy) is 1. The number of aliphatic hydroxyl groups is 4. The van der Waals surface area contributed by atoms with Gasteiger partial charge in [0.1, 0.15) is 0 Å². The van der Waals surface area contributed by atoms with Crippen LogP contribution in [0, 0.1) is 58.2 Å². The van der Waals surface area contributed by atoms with E-state index in [1.165, 1.54) is 0 Å². The van der Waals surface area contributed by atoms with Gasteiger partial charge in [-0.15, -0.1) is 0 Å². The fourth-order valence-corrected chi connectivity index (χ4v) is 9.60. The Morgan fingerprint density at radius 2 is 1.63 bits per heavy atom.